The highest BCUT2D eigenvalue weighted by atomic mass is 16.5. The number of alkyl carbamates (subject to hydrolysis) is 1. The van der Waals surface area contributed by atoms with Gasteiger partial charge in [-0.2, -0.15) is 5.10 Å². The van der Waals surface area contributed by atoms with Gasteiger partial charge in [0.05, 0.1) is 45.6 Å². The summed E-state index contributed by atoms with van der Waals surface area (Å²) in [4.78, 5) is 24.9. The van der Waals surface area contributed by atoms with Crippen LogP contribution >= 0.6 is 0 Å². The summed E-state index contributed by atoms with van der Waals surface area (Å²) in [6.07, 6.45) is 0.888. The van der Waals surface area contributed by atoms with Crippen molar-refractivity contribution in [3.05, 3.63) is 41.2 Å². The largest absolute Gasteiger partial charge is 0.459 e. The van der Waals surface area contributed by atoms with E-state index in [1.165, 1.54) is 19.6 Å². The number of aliphatic hydroxyl groups is 1. The SMILES string of the molecule is COC(=O)NCC(CNc1ccc(N2Cc3cn(CCO)nc3C2)cc1C)OC(C)=O. The van der Waals surface area contributed by atoms with Gasteiger partial charge in [-0.05, 0) is 30.7 Å². The molecule has 1 aromatic carbocycles. The van der Waals surface area contributed by atoms with Gasteiger partial charge in [-0.15, -0.1) is 0 Å². The lowest BCUT2D eigenvalue weighted by Gasteiger charge is -2.22. The summed E-state index contributed by atoms with van der Waals surface area (Å²) in [5, 5.41) is 19.4. The standard InChI is InChI=1S/C21H29N5O5/c1-14-8-17(25-11-16-12-26(6-7-27)24-20(16)13-25)4-5-19(14)22-9-18(31-15(2)28)10-23-21(29)30-3/h4-5,8,12,18,22,27H,6-7,9-11,13H2,1-3H3,(H,23,29). The Morgan fingerprint density at radius 1 is 1.29 bits per heavy atom. The number of carbonyl (C=O) groups is 2. The third-order valence-electron chi connectivity index (χ3n) is 5.04. The van der Waals surface area contributed by atoms with Crippen molar-refractivity contribution in [2.24, 2.45) is 0 Å². The lowest BCUT2D eigenvalue weighted by molar-refractivity contribution is -0.145. The highest BCUT2D eigenvalue weighted by Gasteiger charge is 2.23. The third-order valence-corrected chi connectivity index (χ3v) is 5.04. The molecule has 0 spiro atoms. The van der Waals surface area contributed by atoms with Crippen LogP contribution < -0.4 is 15.5 Å². The topological polar surface area (TPSA) is 118 Å². The van der Waals surface area contributed by atoms with Crippen molar-refractivity contribution in [1.82, 2.24) is 15.1 Å². The number of hydrogen-bond acceptors (Lipinski definition) is 8. The van der Waals surface area contributed by atoms with E-state index in [-0.39, 0.29) is 13.2 Å². The van der Waals surface area contributed by atoms with Crippen molar-refractivity contribution < 1.29 is 24.2 Å². The van der Waals surface area contributed by atoms with Crippen LogP contribution in [0.25, 0.3) is 0 Å². The molecule has 1 atom stereocenters. The number of carbonyl (C=O) groups excluding carboxylic acids is 2. The van der Waals surface area contributed by atoms with E-state index in [2.05, 4.69) is 31.4 Å². The maximum Gasteiger partial charge on any atom is 0.406 e. The Morgan fingerprint density at radius 2 is 2.10 bits per heavy atom. The first-order valence-corrected chi connectivity index (χ1v) is 10.1. The molecular formula is C21H29N5O5. The van der Waals surface area contributed by atoms with E-state index in [0.29, 0.717) is 13.1 Å². The van der Waals surface area contributed by atoms with Gasteiger partial charge in [-0.1, -0.05) is 0 Å². The highest BCUT2D eigenvalue weighted by molar-refractivity contribution is 5.68. The molecule has 1 aliphatic rings. The van der Waals surface area contributed by atoms with Crippen LogP contribution in [0.5, 0.6) is 0 Å². The van der Waals surface area contributed by atoms with Gasteiger partial charge in [0.15, 0.2) is 0 Å². The molecule has 3 rings (SSSR count). The molecule has 1 amide bonds. The van der Waals surface area contributed by atoms with E-state index < -0.39 is 18.2 Å². The van der Waals surface area contributed by atoms with E-state index in [0.717, 1.165) is 35.7 Å². The van der Waals surface area contributed by atoms with Gasteiger partial charge in [-0.3, -0.25) is 9.48 Å². The minimum absolute atomic E-state index is 0.0784. The molecule has 2 aromatic rings. The second-order valence-corrected chi connectivity index (χ2v) is 7.43. The second kappa shape index (κ2) is 10.2. The quantitative estimate of drug-likeness (QED) is 0.510. The molecule has 31 heavy (non-hydrogen) atoms. The minimum Gasteiger partial charge on any atom is -0.459 e. The number of esters is 1. The third kappa shape index (κ3) is 5.88. The Kier molecular flexibility index (Phi) is 7.35. The number of aliphatic hydroxyl groups excluding tert-OH is 1. The average Bonchev–Trinajstić information content (AvgIpc) is 3.29. The number of nitrogens with one attached hydrogen (secondary N) is 2. The Labute approximate surface area is 181 Å². The van der Waals surface area contributed by atoms with Crippen molar-refractivity contribution in [3.8, 4) is 0 Å². The molecule has 0 saturated heterocycles. The van der Waals surface area contributed by atoms with Crippen LogP contribution in [0, 0.1) is 6.92 Å². The number of aromatic nitrogens is 2. The lowest BCUT2D eigenvalue weighted by Crippen LogP contribution is -2.38. The van der Waals surface area contributed by atoms with Crippen molar-refractivity contribution in [2.75, 3.05) is 37.0 Å². The lowest BCUT2D eigenvalue weighted by atomic mass is 10.1. The van der Waals surface area contributed by atoms with E-state index in [1.807, 2.05) is 25.3 Å². The molecule has 0 fully saturated rings. The fraction of sp³-hybridized carbons (Fsp3) is 0.476. The van der Waals surface area contributed by atoms with Gasteiger partial charge in [0.25, 0.3) is 0 Å². The molecule has 1 aromatic heterocycles. The van der Waals surface area contributed by atoms with Gasteiger partial charge >= 0.3 is 12.1 Å². The van der Waals surface area contributed by atoms with Crippen LogP contribution in [-0.4, -0.2) is 59.9 Å². The zero-order chi connectivity index (χ0) is 22.4. The number of nitrogens with zero attached hydrogens (tertiary/aromatic N) is 3. The number of amides is 1. The van der Waals surface area contributed by atoms with E-state index in [4.69, 9.17) is 9.84 Å². The van der Waals surface area contributed by atoms with Gasteiger partial charge in [0.1, 0.15) is 6.10 Å². The predicted molar refractivity (Wildman–Crippen MR) is 115 cm³/mol. The van der Waals surface area contributed by atoms with Gasteiger partial charge in [0.2, 0.25) is 0 Å². The van der Waals surface area contributed by atoms with E-state index in [9.17, 15) is 9.59 Å². The van der Waals surface area contributed by atoms with Gasteiger partial charge in [0, 0.05) is 36.6 Å². The van der Waals surface area contributed by atoms with Crippen LogP contribution in [0.1, 0.15) is 23.7 Å². The molecule has 1 unspecified atom stereocenters. The molecule has 3 N–H and O–H groups in total. The van der Waals surface area contributed by atoms with Crippen molar-refractivity contribution in [3.63, 3.8) is 0 Å². The van der Waals surface area contributed by atoms with Crippen LogP contribution in [0.15, 0.2) is 24.4 Å². The van der Waals surface area contributed by atoms with Gasteiger partial charge in [-0.25, -0.2) is 4.79 Å². The second-order valence-electron chi connectivity index (χ2n) is 7.43. The Balaban J connectivity index is 1.59. The number of ether oxygens (including phenoxy) is 2. The molecule has 0 aliphatic carbocycles. The Morgan fingerprint density at radius 3 is 2.74 bits per heavy atom. The summed E-state index contributed by atoms with van der Waals surface area (Å²) in [5.41, 5.74) is 5.28. The number of aryl methyl sites for hydroxylation is 1. The minimum atomic E-state index is -0.577. The zero-order valence-corrected chi connectivity index (χ0v) is 18.1. The Bertz CT molecular complexity index is 905. The van der Waals surface area contributed by atoms with Crippen LogP contribution in [0.3, 0.4) is 0 Å². The first-order valence-electron chi connectivity index (χ1n) is 10.1. The highest BCUT2D eigenvalue weighted by Crippen LogP contribution is 2.30. The molecule has 10 heteroatoms. The molecule has 0 saturated carbocycles. The van der Waals surface area contributed by atoms with Gasteiger partial charge < -0.3 is 30.1 Å². The number of methoxy groups -OCH3 is 1. The molecule has 0 bridgehead atoms. The summed E-state index contributed by atoms with van der Waals surface area (Å²) in [6.45, 7) is 5.93. The normalized spacial score (nSPS) is 13.5. The first kappa shape index (κ1) is 22.4. The maximum absolute atomic E-state index is 11.3. The number of benzene rings is 1. The molecule has 10 nitrogen and oxygen atoms in total. The van der Waals surface area contributed by atoms with E-state index in [1.54, 1.807) is 4.68 Å². The molecular weight excluding hydrogens is 402 g/mol. The smallest absolute Gasteiger partial charge is 0.406 e. The zero-order valence-electron chi connectivity index (χ0n) is 18.1. The van der Waals surface area contributed by atoms with Crippen LogP contribution in [0.4, 0.5) is 16.2 Å². The summed E-state index contributed by atoms with van der Waals surface area (Å²) in [7, 11) is 1.28. The monoisotopic (exact) mass is 431 g/mol. The maximum atomic E-state index is 11.3. The van der Waals surface area contributed by atoms with Crippen LogP contribution in [0.2, 0.25) is 0 Å². The Hall–Kier alpha value is -3.27. The predicted octanol–water partition coefficient (Wildman–Crippen LogP) is 1.40. The fourth-order valence-corrected chi connectivity index (χ4v) is 3.54. The summed E-state index contributed by atoms with van der Waals surface area (Å²) in [6, 6.07) is 6.13. The van der Waals surface area contributed by atoms with E-state index >= 15 is 0 Å². The summed E-state index contributed by atoms with van der Waals surface area (Å²) < 4.78 is 11.6. The molecule has 1 aliphatic heterocycles. The van der Waals surface area contributed by atoms with Crippen molar-refractivity contribution in [1.29, 1.82) is 0 Å². The number of rotatable bonds is 9. The molecule has 2 heterocycles. The summed E-state index contributed by atoms with van der Waals surface area (Å²) >= 11 is 0. The fourth-order valence-electron chi connectivity index (χ4n) is 3.54. The van der Waals surface area contributed by atoms with Crippen molar-refractivity contribution in [2.45, 2.75) is 39.6 Å². The van der Waals surface area contributed by atoms with Crippen molar-refractivity contribution >= 4 is 23.4 Å². The number of anilines is 2. The number of hydrogen-bond donors (Lipinski definition) is 3. The number of fused-ring (bicyclic) bond motifs is 1. The average molecular weight is 431 g/mol. The van der Waals surface area contributed by atoms with Crippen LogP contribution in [-0.2, 0) is 33.9 Å². The molecule has 168 valence electrons. The first-order chi connectivity index (χ1) is 14.9. The summed E-state index contributed by atoms with van der Waals surface area (Å²) in [5.74, 6) is -0.417. The molecule has 0 radical (unpaired) electrons.